The van der Waals surface area contributed by atoms with Gasteiger partial charge in [0.2, 0.25) is 0 Å². The molecule has 0 aliphatic carbocycles. The first kappa shape index (κ1) is 11.5. The SMILES string of the molecule is CCn1cc(CC(C)O)c2cc(Cl)ccc21. The minimum absolute atomic E-state index is 0.324. The second-order valence-electron chi connectivity index (χ2n) is 4.15. The highest BCUT2D eigenvalue weighted by Crippen LogP contribution is 2.25. The van der Waals surface area contributed by atoms with E-state index in [1.165, 1.54) is 5.52 Å². The molecule has 86 valence electrons. The summed E-state index contributed by atoms with van der Waals surface area (Å²) < 4.78 is 2.18. The first-order valence-corrected chi connectivity index (χ1v) is 5.95. The molecule has 1 heterocycles. The molecule has 0 bridgehead atoms. The number of fused-ring (bicyclic) bond motifs is 1. The molecule has 0 aliphatic rings. The van der Waals surface area contributed by atoms with Crippen molar-refractivity contribution in [2.75, 3.05) is 0 Å². The molecule has 1 aromatic heterocycles. The number of benzene rings is 1. The van der Waals surface area contributed by atoms with Crippen molar-refractivity contribution in [3.63, 3.8) is 0 Å². The Labute approximate surface area is 100 Å². The lowest BCUT2D eigenvalue weighted by Gasteiger charge is -2.02. The molecule has 0 saturated carbocycles. The number of halogens is 1. The molecule has 0 radical (unpaired) electrons. The highest BCUT2D eigenvalue weighted by molar-refractivity contribution is 6.31. The van der Waals surface area contributed by atoms with E-state index in [9.17, 15) is 5.11 Å². The van der Waals surface area contributed by atoms with Gasteiger partial charge >= 0.3 is 0 Å². The third kappa shape index (κ3) is 2.08. The molecule has 0 amide bonds. The van der Waals surface area contributed by atoms with Crippen LogP contribution >= 0.6 is 11.6 Å². The Kier molecular flexibility index (Phi) is 3.22. The van der Waals surface area contributed by atoms with Crippen LogP contribution in [0.2, 0.25) is 5.02 Å². The van der Waals surface area contributed by atoms with Crippen LogP contribution in [0.15, 0.2) is 24.4 Å². The summed E-state index contributed by atoms with van der Waals surface area (Å²) in [5, 5.41) is 11.4. The van der Waals surface area contributed by atoms with Gasteiger partial charge in [0.1, 0.15) is 0 Å². The zero-order valence-corrected chi connectivity index (χ0v) is 10.3. The fraction of sp³-hybridized carbons (Fsp3) is 0.385. The summed E-state index contributed by atoms with van der Waals surface area (Å²) in [6.45, 7) is 4.85. The van der Waals surface area contributed by atoms with Gasteiger partial charge in [-0.25, -0.2) is 0 Å². The molecule has 0 fully saturated rings. The Hall–Kier alpha value is -0.990. The highest BCUT2D eigenvalue weighted by Gasteiger charge is 2.09. The summed E-state index contributed by atoms with van der Waals surface area (Å²) in [5.41, 5.74) is 2.34. The number of hydrogen-bond donors (Lipinski definition) is 1. The summed E-state index contributed by atoms with van der Waals surface area (Å²) >= 11 is 6.01. The van der Waals surface area contributed by atoms with Gasteiger partial charge in [-0.15, -0.1) is 0 Å². The lowest BCUT2D eigenvalue weighted by atomic mass is 10.1. The minimum atomic E-state index is -0.324. The molecule has 1 atom stereocenters. The highest BCUT2D eigenvalue weighted by atomic mass is 35.5. The normalized spacial score (nSPS) is 13.2. The second kappa shape index (κ2) is 4.48. The van der Waals surface area contributed by atoms with E-state index in [2.05, 4.69) is 17.7 Å². The zero-order chi connectivity index (χ0) is 11.7. The van der Waals surface area contributed by atoms with Crippen LogP contribution in [0.1, 0.15) is 19.4 Å². The van der Waals surface area contributed by atoms with Crippen LogP contribution < -0.4 is 0 Å². The van der Waals surface area contributed by atoms with Crippen molar-refractivity contribution in [3.05, 3.63) is 35.0 Å². The smallest absolute Gasteiger partial charge is 0.0553 e. The van der Waals surface area contributed by atoms with Crippen LogP contribution in [0, 0.1) is 0 Å². The molecule has 2 aromatic rings. The monoisotopic (exact) mass is 237 g/mol. The topological polar surface area (TPSA) is 25.2 Å². The average molecular weight is 238 g/mol. The standard InChI is InChI=1S/C13H16ClNO/c1-3-15-8-10(6-9(2)16)12-7-11(14)4-5-13(12)15/h4-5,7-9,16H,3,6H2,1-2H3. The summed E-state index contributed by atoms with van der Waals surface area (Å²) in [7, 11) is 0. The van der Waals surface area contributed by atoms with E-state index in [-0.39, 0.29) is 6.10 Å². The van der Waals surface area contributed by atoms with Crippen LogP contribution in [-0.4, -0.2) is 15.8 Å². The van der Waals surface area contributed by atoms with E-state index in [1.54, 1.807) is 6.92 Å². The Morgan fingerprint density at radius 3 is 2.81 bits per heavy atom. The predicted octanol–water partition coefficient (Wildman–Crippen LogP) is 3.24. The average Bonchev–Trinajstić information content (AvgIpc) is 2.55. The molecule has 2 nitrogen and oxygen atoms in total. The maximum atomic E-state index is 9.47. The molecule has 0 aliphatic heterocycles. The first-order chi connectivity index (χ1) is 7.61. The molecule has 1 unspecified atom stereocenters. The number of aromatic nitrogens is 1. The van der Waals surface area contributed by atoms with Gasteiger partial charge in [-0.3, -0.25) is 0 Å². The summed E-state index contributed by atoms with van der Waals surface area (Å²) in [6, 6.07) is 5.91. The van der Waals surface area contributed by atoms with Crippen LogP contribution in [0.25, 0.3) is 10.9 Å². The molecule has 3 heteroatoms. The van der Waals surface area contributed by atoms with E-state index in [0.29, 0.717) is 6.42 Å². The van der Waals surface area contributed by atoms with Crippen molar-refractivity contribution in [1.29, 1.82) is 0 Å². The fourth-order valence-corrected chi connectivity index (χ4v) is 2.26. The lowest BCUT2D eigenvalue weighted by molar-refractivity contribution is 0.196. The molecule has 1 aromatic carbocycles. The van der Waals surface area contributed by atoms with Crippen molar-refractivity contribution in [2.45, 2.75) is 32.9 Å². The summed E-state index contributed by atoms with van der Waals surface area (Å²) in [6.07, 6.45) is 2.45. The van der Waals surface area contributed by atoms with Crippen LogP contribution in [0.5, 0.6) is 0 Å². The number of rotatable bonds is 3. The van der Waals surface area contributed by atoms with Gasteiger partial charge in [0.05, 0.1) is 6.10 Å². The molecular weight excluding hydrogens is 222 g/mol. The van der Waals surface area contributed by atoms with E-state index < -0.39 is 0 Å². The van der Waals surface area contributed by atoms with Crippen molar-refractivity contribution >= 4 is 22.5 Å². The maximum absolute atomic E-state index is 9.47. The molecule has 0 spiro atoms. The van der Waals surface area contributed by atoms with Gasteiger partial charge in [0.25, 0.3) is 0 Å². The largest absolute Gasteiger partial charge is 0.393 e. The number of hydrogen-bond acceptors (Lipinski definition) is 1. The lowest BCUT2D eigenvalue weighted by Crippen LogP contribution is -2.03. The second-order valence-corrected chi connectivity index (χ2v) is 4.59. The Bertz CT molecular complexity index is 502. The molecule has 0 saturated heterocycles. The zero-order valence-electron chi connectivity index (χ0n) is 9.57. The molecule has 2 rings (SSSR count). The number of nitrogens with zero attached hydrogens (tertiary/aromatic N) is 1. The summed E-state index contributed by atoms with van der Waals surface area (Å²) in [4.78, 5) is 0. The van der Waals surface area contributed by atoms with E-state index in [1.807, 2.05) is 18.2 Å². The number of aryl methyl sites for hydroxylation is 1. The number of aliphatic hydroxyl groups excluding tert-OH is 1. The van der Waals surface area contributed by atoms with Gasteiger partial charge < -0.3 is 9.67 Å². The Balaban J connectivity index is 2.59. The molecule has 1 N–H and O–H groups in total. The first-order valence-electron chi connectivity index (χ1n) is 5.57. The van der Waals surface area contributed by atoms with Crippen molar-refractivity contribution in [2.24, 2.45) is 0 Å². The van der Waals surface area contributed by atoms with Gasteiger partial charge in [0.15, 0.2) is 0 Å². The van der Waals surface area contributed by atoms with Gasteiger partial charge in [-0.05, 0) is 37.6 Å². The third-order valence-electron chi connectivity index (χ3n) is 2.78. The van der Waals surface area contributed by atoms with E-state index in [0.717, 1.165) is 22.5 Å². The van der Waals surface area contributed by atoms with Crippen LogP contribution in [0.4, 0.5) is 0 Å². The van der Waals surface area contributed by atoms with E-state index in [4.69, 9.17) is 11.6 Å². The third-order valence-corrected chi connectivity index (χ3v) is 3.02. The van der Waals surface area contributed by atoms with Crippen LogP contribution in [0.3, 0.4) is 0 Å². The van der Waals surface area contributed by atoms with Gasteiger partial charge in [-0.1, -0.05) is 11.6 Å². The molecule has 16 heavy (non-hydrogen) atoms. The predicted molar refractivity (Wildman–Crippen MR) is 68.0 cm³/mol. The molecular formula is C13H16ClNO. The quantitative estimate of drug-likeness (QED) is 0.871. The fourth-order valence-electron chi connectivity index (χ4n) is 2.09. The van der Waals surface area contributed by atoms with Crippen LogP contribution in [-0.2, 0) is 13.0 Å². The Morgan fingerprint density at radius 1 is 1.44 bits per heavy atom. The van der Waals surface area contributed by atoms with Crippen molar-refractivity contribution < 1.29 is 5.11 Å². The maximum Gasteiger partial charge on any atom is 0.0553 e. The van der Waals surface area contributed by atoms with E-state index >= 15 is 0 Å². The van der Waals surface area contributed by atoms with Gasteiger partial charge in [-0.2, -0.15) is 0 Å². The van der Waals surface area contributed by atoms with Crippen molar-refractivity contribution in [3.8, 4) is 0 Å². The van der Waals surface area contributed by atoms with Gasteiger partial charge in [0, 0.05) is 35.1 Å². The summed E-state index contributed by atoms with van der Waals surface area (Å²) in [5.74, 6) is 0. The Morgan fingerprint density at radius 2 is 2.19 bits per heavy atom. The minimum Gasteiger partial charge on any atom is -0.393 e. The van der Waals surface area contributed by atoms with Crippen molar-refractivity contribution in [1.82, 2.24) is 4.57 Å². The number of aliphatic hydroxyl groups is 1.